The summed E-state index contributed by atoms with van der Waals surface area (Å²) in [6, 6.07) is 0. The summed E-state index contributed by atoms with van der Waals surface area (Å²) >= 11 is 0. The average Bonchev–Trinajstić information content (AvgIpc) is 3.37. The second-order valence-electron chi connectivity index (χ2n) is 20.1. The number of esters is 1. The molecule has 2 saturated heterocycles. The first-order chi connectivity index (χ1) is 34.6. The standard InChI is InChI=1S/C57H104O14/c1-3-5-7-9-11-13-15-17-19-21-22-23-24-25-26-28-30-32-34-36-38-40-49(59)69-46(43-66-41-39-37-35-33-31-29-27-20-18-16-14-12-10-8-6-4-2)44-67-56-55(65)53(63)51(61)48(71-56)45-68-57-54(64)52(62)50(60)47(42-58)70-57/h15,17,21-22,24-25,46-48,50-58,60-65H,3-14,16,18-20,23,26-45H2,1-2H3/b17-15-,22-21-,25-24-. The van der Waals surface area contributed by atoms with Crippen LogP contribution in [0.5, 0.6) is 0 Å². The molecular formula is C57H104O14. The van der Waals surface area contributed by atoms with Gasteiger partial charge in [0, 0.05) is 13.0 Å². The molecule has 0 aromatic heterocycles. The van der Waals surface area contributed by atoms with Gasteiger partial charge in [0.1, 0.15) is 54.9 Å². The third-order valence-electron chi connectivity index (χ3n) is 13.7. The minimum Gasteiger partial charge on any atom is -0.457 e. The minimum atomic E-state index is -1.71. The third-order valence-corrected chi connectivity index (χ3v) is 13.7. The van der Waals surface area contributed by atoms with E-state index in [4.69, 9.17) is 28.4 Å². The van der Waals surface area contributed by atoms with Crippen molar-refractivity contribution in [1.29, 1.82) is 0 Å². The Morgan fingerprint density at radius 3 is 1.37 bits per heavy atom. The van der Waals surface area contributed by atoms with Gasteiger partial charge < -0.3 is 64.2 Å². The summed E-state index contributed by atoms with van der Waals surface area (Å²) in [5.41, 5.74) is 0. The molecule has 0 aromatic carbocycles. The van der Waals surface area contributed by atoms with E-state index in [2.05, 4.69) is 50.3 Å². The fourth-order valence-electron chi connectivity index (χ4n) is 9.00. The second kappa shape index (κ2) is 44.5. The van der Waals surface area contributed by atoms with Crippen molar-refractivity contribution in [2.24, 2.45) is 0 Å². The highest BCUT2D eigenvalue weighted by Crippen LogP contribution is 2.27. The number of ether oxygens (including phenoxy) is 6. The van der Waals surface area contributed by atoms with E-state index in [-0.39, 0.29) is 25.6 Å². The molecule has 14 nitrogen and oxygen atoms in total. The summed E-state index contributed by atoms with van der Waals surface area (Å²) in [7, 11) is 0. The maximum atomic E-state index is 13.1. The van der Waals surface area contributed by atoms with Crippen molar-refractivity contribution in [3.05, 3.63) is 36.5 Å². The van der Waals surface area contributed by atoms with Crippen molar-refractivity contribution in [2.45, 2.75) is 287 Å². The van der Waals surface area contributed by atoms with Crippen LogP contribution in [0.4, 0.5) is 0 Å². The van der Waals surface area contributed by atoms with Gasteiger partial charge in [-0.05, 0) is 51.4 Å². The number of carbonyl (C=O) groups is 1. The van der Waals surface area contributed by atoms with Crippen molar-refractivity contribution in [2.75, 3.05) is 33.0 Å². The molecular weight excluding hydrogens is 909 g/mol. The summed E-state index contributed by atoms with van der Waals surface area (Å²) < 4.78 is 34.4. The van der Waals surface area contributed by atoms with Crippen LogP contribution in [0.25, 0.3) is 0 Å². The van der Waals surface area contributed by atoms with E-state index >= 15 is 0 Å². The van der Waals surface area contributed by atoms with E-state index in [0.717, 1.165) is 70.6 Å². The fraction of sp³-hybridized carbons (Fsp3) is 0.877. The molecule has 14 heteroatoms. The largest absolute Gasteiger partial charge is 0.457 e. The van der Waals surface area contributed by atoms with Gasteiger partial charge in [-0.2, -0.15) is 0 Å². The molecule has 0 bridgehead atoms. The van der Waals surface area contributed by atoms with Gasteiger partial charge in [0.2, 0.25) is 0 Å². The highest BCUT2D eigenvalue weighted by atomic mass is 16.7. The van der Waals surface area contributed by atoms with Crippen LogP contribution in [0.1, 0.15) is 219 Å². The van der Waals surface area contributed by atoms with E-state index in [1.807, 2.05) is 0 Å². The summed E-state index contributed by atoms with van der Waals surface area (Å²) in [6.07, 6.45) is 34.8. The lowest BCUT2D eigenvalue weighted by Crippen LogP contribution is -2.61. The van der Waals surface area contributed by atoms with Crippen LogP contribution in [0.2, 0.25) is 0 Å². The molecule has 11 atom stereocenters. The first kappa shape index (κ1) is 65.3. The number of unbranched alkanes of at least 4 members (excludes halogenated alkanes) is 26. The maximum Gasteiger partial charge on any atom is 0.306 e. The molecule has 11 unspecified atom stereocenters. The number of rotatable bonds is 46. The number of carbonyl (C=O) groups excluding carboxylic acids is 1. The highest BCUT2D eigenvalue weighted by Gasteiger charge is 2.47. The van der Waals surface area contributed by atoms with Gasteiger partial charge in [-0.1, -0.05) is 198 Å². The molecule has 71 heavy (non-hydrogen) atoms. The molecule has 7 N–H and O–H groups in total. The van der Waals surface area contributed by atoms with E-state index < -0.39 is 80.7 Å². The molecule has 0 spiro atoms. The predicted octanol–water partition coefficient (Wildman–Crippen LogP) is 9.75. The van der Waals surface area contributed by atoms with E-state index in [0.29, 0.717) is 13.0 Å². The Bertz CT molecular complexity index is 1310. The Morgan fingerprint density at radius 2 is 0.873 bits per heavy atom. The molecule has 416 valence electrons. The normalized spacial score (nSPS) is 25.5. The topological polar surface area (TPSA) is 214 Å². The van der Waals surface area contributed by atoms with Crippen LogP contribution >= 0.6 is 0 Å². The zero-order chi connectivity index (χ0) is 51.6. The Hall–Kier alpha value is -1.79. The van der Waals surface area contributed by atoms with Crippen molar-refractivity contribution >= 4 is 5.97 Å². The predicted molar refractivity (Wildman–Crippen MR) is 280 cm³/mol. The summed E-state index contributed by atoms with van der Waals surface area (Å²) in [5.74, 6) is -0.385. The van der Waals surface area contributed by atoms with E-state index in [1.54, 1.807) is 0 Å². The molecule has 2 heterocycles. The summed E-state index contributed by atoms with van der Waals surface area (Å²) in [6.45, 7) is 3.69. The SMILES string of the molecule is CCCCCCC/C=C\C/C=C\C/C=C\CCCCCCCCC(=O)OC(COCCCCCCCCCCCCCCCCCC)COC1OC(COC2OC(CO)C(O)C(O)C2O)C(O)C(O)C1O. The quantitative estimate of drug-likeness (QED) is 0.0172. The molecule has 0 saturated carbocycles. The Kier molecular flexibility index (Phi) is 40.9. The van der Waals surface area contributed by atoms with Crippen molar-refractivity contribution in [1.82, 2.24) is 0 Å². The summed E-state index contributed by atoms with van der Waals surface area (Å²) in [5, 5.41) is 72.3. The van der Waals surface area contributed by atoms with Gasteiger partial charge in [0.25, 0.3) is 0 Å². The number of aliphatic hydroxyl groups is 7. The monoisotopic (exact) mass is 1010 g/mol. The molecule has 2 aliphatic heterocycles. The van der Waals surface area contributed by atoms with Gasteiger partial charge >= 0.3 is 5.97 Å². The van der Waals surface area contributed by atoms with Crippen molar-refractivity contribution < 1.29 is 69.0 Å². The molecule has 0 radical (unpaired) electrons. The van der Waals surface area contributed by atoms with Gasteiger partial charge in [-0.15, -0.1) is 0 Å². The van der Waals surface area contributed by atoms with Crippen molar-refractivity contribution in [3.63, 3.8) is 0 Å². The molecule has 2 rings (SSSR count). The number of hydrogen-bond donors (Lipinski definition) is 7. The van der Waals surface area contributed by atoms with E-state index in [9.17, 15) is 40.5 Å². The number of aliphatic hydroxyl groups excluding tert-OH is 7. The molecule has 0 aliphatic carbocycles. The zero-order valence-electron chi connectivity index (χ0n) is 44.5. The van der Waals surface area contributed by atoms with Crippen LogP contribution in [0.15, 0.2) is 36.5 Å². The average molecular weight is 1010 g/mol. The Labute approximate surface area is 429 Å². The van der Waals surface area contributed by atoms with Crippen LogP contribution in [0.3, 0.4) is 0 Å². The molecule has 0 aromatic rings. The molecule has 2 aliphatic rings. The smallest absolute Gasteiger partial charge is 0.306 e. The molecule has 2 fully saturated rings. The second-order valence-corrected chi connectivity index (χ2v) is 20.1. The maximum absolute atomic E-state index is 13.1. The number of hydrogen-bond acceptors (Lipinski definition) is 14. The van der Waals surface area contributed by atoms with E-state index in [1.165, 1.54) is 122 Å². The summed E-state index contributed by atoms with van der Waals surface area (Å²) in [4.78, 5) is 13.1. The number of allylic oxidation sites excluding steroid dienone is 6. The lowest BCUT2D eigenvalue weighted by Gasteiger charge is -2.42. The Balaban J connectivity index is 1.73. The zero-order valence-corrected chi connectivity index (χ0v) is 44.5. The van der Waals surface area contributed by atoms with Gasteiger partial charge in [-0.3, -0.25) is 4.79 Å². The highest BCUT2D eigenvalue weighted by molar-refractivity contribution is 5.69. The lowest BCUT2D eigenvalue weighted by atomic mass is 9.98. The van der Waals surface area contributed by atoms with Gasteiger partial charge in [0.05, 0.1) is 26.4 Å². The minimum absolute atomic E-state index is 0.0590. The fourth-order valence-corrected chi connectivity index (χ4v) is 9.00. The van der Waals surface area contributed by atoms with Crippen LogP contribution < -0.4 is 0 Å². The van der Waals surface area contributed by atoms with Crippen LogP contribution in [-0.2, 0) is 33.2 Å². The van der Waals surface area contributed by atoms with Crippen LogP contribution in [-0.4, -0.2) is 142 Å². The van der Waals surface area contributed by atoms with Gasteiger partial charge in [0.15, 0.2) is 12.6 Å². The Morgan fingerprint density at radius 1 is 0.465 bits per heavy atom. The van der Waals surface area contributed by atoms with Gasteiger partial charge in [-0.25, -0.2) is 0 Å². The first-order valence-electron chi connectivity index (χ1n) is 28.6. The molecule has 0 amide bonds. The van der Waals surface area contributed by atoms with Crippen molar-refractivity contribution in [3.8, 4) is 0 Å². The van der Waals surface area contributed by atoms with Crippen LogP contribution in [0, 0.1) is 0 Å². The first-order valence-corrected chi connectivity index (χ1v) is 28.6. The third kappa shape index (κ3) is 31.6. The lowest BCUT2D eigenvalue weighted by molar-refractivity contribution is -0.332.